The zero-order valence-corrected chi connectivity index (χ0v) is 14.3. The highest BCUT2D eigenvalue weighted by molar-refractivity contribution is 5.68. The van der Waals surface area contributed by atoms with Gasteiger partial charge in [0.25, 0.3) is 0 Å². The van der Waals surface area contributed by atoms with Gasteiger partial charge in [-0.15, -0.1) is 0 Å². The molecule has 1 aromatic rings. The van der Waals surface area contributed by atoms with Crippen molar-refractivity contribution in [2.75, 3.05) is 32.8 Å². The van der Waals surface area contributed by atoms with Crippen LogP contribution in [-0.4, -0.2) is 59.8 Å². The van der Waals surface area contributed by atoms with Crippen molar-refractivity contribution >= 4 is 6.09 Å². The van der Waals surface area contributed by atoms with Gasteiger partial charge >= 0.3 is 6.09 Å². The number of rotatable bonds is 7. The average Bonchev–Trinajstić information content (AvgIpc) is 3.44. The molecule has 0 bridgehead atoms. The van der Waals surface area contributed by atoms with Crippen molar-refractivity contribution in [3.63, 3.8) is 0 Å². The van der Waals surface area contributed by atoms with Gasteiger partial charge in [0.15, 0.2) is 0 Å². The Hall–Kier alpha value is -1.59. The average molecular weight is 332 g/mol. The van der Waals surface area contributed by atoms with E-state index in [0.717, 1.165) is 57.4 Å². The minimum Gasteiger partial charge on any atom is -0.445 e. The van der Waals surface area contributed by atoms with Crippen molar-refractivity contribution in [3.8, 4) is 0 Å². The summed E-state index contributed by atoms with van der Waals surface area (Å²) in [4.78, 5) is 16.8. The van der Waals surface area contributed by atoms with E-state index < -0.39 is 0 Å². The van der Waals surface area contributed by atoms with Gasteiger partial charge in [-0.05, 0) is 43.7 Å². The highest BCUT2D eigenvalue weighted by Gasteiger charge is 2.35. The van der Waals surface area contributed by atoms with E-state index in [1.54, 1.807) is 0 Å². The van der Waals surface area contributed by atoms with Crippen molar-refractivity contribution < 1.29 is 14.6 Å². The second-order valence-electron chi connectivity index (χ2n) is 6.96. The van der Waals surface area contributed by atoms with Crippen LogP contribution in [0.2, 0.25) is 0 Å². The van der Waals surface area contributed by atoms with Gasteiger partial charge in [-0.3, -0.25) is 0 Å². The minimum absolute atomic E-state index is 0.180. The van der Waals surface area contributed by atoms with E-state index in [1.165, 1.54) is 0 Å². The summed E-state index contributed by atoms with van der Waals surface area (Å²) in [5.41, 5.74) is 1.02. The molecule has 1 atom stereocenters. The molecule has 2 fully saturated rings. The van der Waals surface area contributed by atoms with Crippen LogP contribution in [-0.2, 0) is 11.3 Å². The van der Waals surface area contributed by atoms with E-state index in [4.69, 9.17) is 9.84 Å². The third-order valence-electron chi connectivity index (χ3n) is 4.90. The molecule has 5 heteroatoms. The maximum absolute atomic E-state index is 12.5. The monoisotopic (exact) mass is 332 g/mol. The lowest BCUT2D eigenvalue weighted by Crippen LogP contribution is -2.44. The predicted octanol–water partition coefficient (Wildman–Crippen LogP) is 2.49. The smallest absolute Gasteiger partial charge is 0.410 e. The van der Waals surface area contributed by atoms with Crippen molar-refractivity contribution in [1.29, 1.82) is 0 Å². The SMILES string of the molecule is O=C(OCc1ccccc1)N(C[C@H]1CCCN(CCO)C1)C1CC1. The Morgan fingerprint density at radius 1 is 1.25 bits per heavy atom. The van der Waals surface area contributed by atoms with E-state index >= 15 is 0 Å². The first-order valence-electron chi connectivity index (χ1n) is 9.07. The number of ether oxygens (including phenoxy) is 1. The molecule has 3 rings (SSSR count). The third-order valence-corrected chi connectivity index (χ3v) is 4.90. The summed E-state index contributed by atoms with van der Waals surface area (Å²) in [5, 5.41) is 9.13. The first kappa shape index (κ1) is 17.2. The lowest BCUT2D eigenvalue weighted by atomic mass is 9.97. The van der Waals surface area contributed by atoms with Crippen LogP contribution in [0.3, 0.4) is 0 Å². The largest absolute Gasteiger partial charge is 0.445 e. The second kappa shape index (κ2) is 8.49. The number of piperidine rings is 1. The maximum Gasteiger partial charge on any atom is 0.410 e. The van der Waals surface area contributed by atoms with Crippen molar-refractivity contribution in [3.05, 3.63) is 35.9 Å². The molecular formula is C19H28N2O3. The summed E-state index contributed by atoms with van der Waals surface area (Å²) in [7, 11) is 0. The third kappa shape index (κ3) is 4.95. The van der Waals surface area contributed by atoms with Crippen LogP contribution >= 0.6 is 0 Å². The molecule has 0 spiro atoms. The lowest BCUT2D eigenvalue weighted by molar-refractivity contribution is 0.0729. The highest BCUT2D eigenvalue weighted by atomic mass is 16.6. The minimum atomic E-state index is -0.180. The molecule has 1 aromatic carbocycles. The number of hydrogen-bond donors (Lipinski definition) is 1. The van der Waals surface area contributed by atoms with Gasteiger partial charge in [0.05, 0.1) is 6.61 Å². The number of aliphatic hydroxyl groups excluding tert-OH is 1. The molecule has 0 aromatic heterocycles. The Bertz CT molecular complexity index is 517. The molecular weight excluding hydrogens is 304 g/mol. The highest BCUT2D eigenvalue weighted by Crippen LogP contribution is 2.30. The number of nitrogens with zero attached hydrogens (tertiary/aromatic N) is 2. The molecule has 132 valence electrons. The van der Waals surface area contributed by atoms with Gasteiger partial charge in [0, 0.05) is 25.7 Å². The number of benzene rings is 1. The van der Waals surface area contributed by atoms with E-state index in [0.29, 0.717) is 18.6 Å². The summed E-state index contributed by atoms with van der Waals surface area (Å²) in [5.74, 6) is 0.482. The molecule has 5 nitrogen and oxygen atoms in total. The Morgan fingerprint density at radius 2 is 2.04 bits per heavy atom. The van der Waals surface area contributed by atoms with Gasteiger partial charge in [0.2, 0.25) is 0 Å². The normalized spacial score (nSPS) is 21.5. The standard InChI is InChI=1S/C19H28N2O3/c22-12-11-20-10-4-7-17(13-20)14-21(18-8-9-18)19(23)24-15-16-5-2-1-3-6-16/h1-3,5-6,17-18,22H,4,7-15H2/t17-/m0/s1. The fourth-order valence-corrected chi connectivity index (χ4v) is 3.48. The maximum atomic E-state index is 12.5. The number of hydrogen-bond acceptors (Lipinski definition) is 4. The number of carbonyl (C=O) groups is 1. The Balaban J connectivity index is 1.51. The summed E-state index contributed by atoms with van der Waals surface area (Å²) in [6.07, 6.45) is 4.29. The van der Waals surface area contributed by atoms with Crippen LogP contribution in [0.5, 0.6) is 0 Å². The van der Waals surface area contributed by atoms with Gasteiger partial charge in [-0.25, -0.2) is 4.79 Å². The first-order valence-corrected chi connectivity index (χ1v) is 9.07. The molecule has 0 radical (unpaired) electrons. The molecule has 1 heterocycles. The number of amides is 1. The molecule has 1 saturated heterocycles. The van der Waals surface area contributed by atoms with Gasteiger partial charge in [-0.2, -0.15) is 0 Å². The Labute approximate surface area is 144 Å². The van der Waals surface area contributed by atoms with E-state index in [-0.39, 0.29) is 12.7 Å². The van der Waals surface area contributed by atoms with Crippen LogP contribution in [0, 0.1) is 5.92 Å². The van der Waals surface area contributed by atoms with Crippen LogP contribution < -0.4 is 0 Å². The summed E-state index contributed by atoms with van der Waals surface area (Å²) < 4.78 is 5.54. The molecule has 2 aliphatic rings. The molecule has 0 unspecified atom stereocenters. The van der Waals surface area contributed by atoms with Gasteiger partial charge < -0.3 is 19.6 Å². The fourth-order valence-electron chi connectivity index (χ4n) is 3.48. The molecule has 1 aliphatic heterocycles. The number of likely N-dealkylation sites (tertiary alicyclic amines) is 1. The molecule has 1 aliphatic carbocycles. The molecule has 1 N–H and O–H groups in total. The van der Waals surface area contributed by atoms with E-state index in [1.807, 2.05) is 35.2 Å². The lowest BCUT2D eigenvalue weighted by Gasteiger charge is -2.35. The summed E-state index contributed by atoms with van der Waals surface area (Å²) in [6.45, 7) is 4.08. The molecule has 1 saturated carbocycles. The Morgan fingerprint density at radius 3 is 2.75 bits per heavy atom. The van der Waals surface area contributed by atoms with E-state index in [9.17, 15) is 4.79 Å². The van der Waals surface area contributed by atoms with Gasteiger partial charge in [-0.1, -0.05) is 30.3 Å². The predicted molar refractivity (Wildman–Crippen MR) is 92.6 cm³/mol. The van der Waals surface area contributed by atoms with Crippen LogP contribution in [0.1, 0.15) is 31.2 Å². The van der Waals surface area contributed by atoms with Crippen molar-refractivity contribution in [1.82, 2.24) is 9.80 Å². The topological polar surface area (TPSA) is 53.0 Å². The summed E-state index contributed by atoms with van der Waals surface area (Å²) >= 11 is 0. The number of β-amino-alcohol motifs (C(OH)–C–C–N with tert-alkyl or cyclic N) is 1. The van der Waals surface area contributed by atoms with Crippen LogP contribution in [0.15, 0.2) is 30.3 Å². The van der Waals surface area contributed by atoms with Crippen molar-refractivity contribution in [2.45, 2.75) is 38.3 Å². The number of carbonyl (C=O) groups excluding carboxylic acids is 1. The first-order chi connectivity index (χ1) is 11.8. The van der Waals surface area contributed by atoms with Crippen LogP contribution in [0.25, 0.3) is 0 Å². The van der Waals surface area contributed by atoms with E-state index in [2.05, 4.69) is 4.90 Å². The fraction of sp³-hybridized carbons (Fsp3) is 0.632. The molecule has 24 heavy (non-hydrogen) atoms. The second-order valence-corrected chi connectivity index (χ2v) is 6.96. The van der Waals surface area contributed by atoms with Crippen molar-refractivity contribution in [2.24, 2.45) is 5.92 Å². The summed E-state index contributed by atoms with van der Waals surface area (Å²) in [6, 6.07) is 10.2. The number of aliphatic hydroxyl groups is 1. The molecule has 1 amide bonds. The van der Waals surface area contributed by atoms with Crippen LogP contribution in [0.4, 0.5) is 4.79 Å². The Kier molecular flexibility index (Phi) is 6.10. The van der Waals surface area contributed by atoms with Gasteiger partial charge in [0.1, 0.15) is 6.61 Å². The zero-order chi connectivity index (χ0) is 16.8. The zero-order valence-electron chi connectivity index (χ0n) is 14.3. The quantitative estimate of drug-likeness (QED) is 0.833.